The van der Waals surface area contributed by atoms with Crippen LogP contribution in [0, 0.1) is 0 Å². The van der Waals surface area contributed by atoms with Gasteiger partial charge in [-0.1, -0.05) is 54.2 Å². The van der Waals surface area contributed by atoms with Gasteiger partial charge in [-0.15, -0.1) is 0 Å². The molecule has 0 N–H and O–H groups in total. The maximum atomic E-state index is 4.71. The van der Waals surface area contributed by atoms with E-state index in [1.807, 2.05) is 24.0 Å². The summed E-state index contributed by atoms with van der Waals surface area (Å²) in [5.74, 6) is 1.10. The molecule has 154 valence electrons. The summed E-state index contributed by atoms with van der Waals surface area (Å²) in [5.41, 5.74) is 2.72. The molecule has 30 heavy (non-hydrogen) atoms. The van der Waals surface area contributed by atoms with Crippen LogP contribution in [-0.4, -0.2) is 60.6 Å². The minimum absolute atomic E-state index is 0.978. The fraction of sp³-hybridized carbons (Fsp3) is 0.320. The zero-order valence-corrected chi connectivity index (χ0v) is 18.1. The molecule has 0 aliphatic carbocycles. The second-order valence-corrected chi connectivity index (χ2v) is 9.05. The number of rotatable bonds is 6. The summed E-state index contributed by atoms with van der Waals surface area (Å²) in [7, 11) is 0. The van der Waals surface area contributed by atoms with Gasteiger partial charge in [-0.25, -0.2) is 4.98 Å². The average molecular weight is 417 g/mol. The number of nitrogens with zero attached hydrogens (tertiary/aromatic N) is 4. The molecule has 4 nitrogen and oxygen atoms in total. The molecular formula is C25H28N4S. The standard InChI is InChI=1S/C25H28N4S/c1-2-7-21(8-3-1)12-14-27-15-17-28(18-16-27)19-20-29-22-9-4-5-10-23(22)30-24-11-6-13-26-25(24)29/h1-11,13H,12,14-20H2. The quantitative estimate of drug-likeness (QED) is 0.587. The Kier molecular flexibility index (Phi) is 6.02. The third-order valence-electron chi connectivity index (χ3n) is 6.05. The first-order chi connectivity index (χ1) is 14.9. The van der Waals surface area contributed by atoms with Crippen molar-refractivity contribution in [3.63, 3.8) is 0 Å². The van der Waals surface area contributed by atoms with Crippen molar-refractivity contribution < 1.29 is 0 Å². The highest BCUT2D eigenvalue weighted by atomic mass is 32.2. The van der Waals surface area contributed by atoms with Crippen molar-refractivity contribution in [2.24, 2.45) is 0 Å². The summed E-state index contributed by atoms with van der Waals surface area (Å²) < 4.78 is 0. The smallest absolute Gasteiger partial charge is 0.147 e. The predicted octanol–water partition coefficient (Wildman–Crippen LogP) is 4.54. The van der Waals surface area contributed by atoms with E-state index in [1.54, 1.807) is 0 Å². The third kappa shape index (κ3) is 4.38. The molecule has 1 aromatic heterocycles. The van der Waals surface area contributed by atoms with Gasteiger partial charge in [-0.2, -0.15) is 0 Å². The van der Waals surface area contributed by atoms with Crippen molar-refractivity contribution in [3.05, 3.63) is 78.5 Å². The Labute approximate surface area is 183 Å². The fourth-order valence-electron chi connectivity index (χ4n) is 4.30. The Balaban J connectivity index is 1.17. The second-order valence-electron chi connectivity index (χ2n) is 7.97. The molecule has 0 atom stereocenters. The topological polar surface area (TPSA) is 22.6 Å². The molecule has 0 spiro atoms. The summed E-state index contributed by atoms with van der Waals surface area (Å²) >= 11 is 1.83. The number of pyridine rings is 1. The minimum atomic E-state index is 0.978. The molecule has 1 fully saturated rings. The number of hydrogen-bond acceptors (Lipinski definition) is 5. The number of fused-ring (bicyclic) bond motifs is 2. The van der Waals surface area contributed by atoms with E-state index in [4.69, 9.17) is 4.98 Å². The van der Waals surface area contributed by atoms with E-state index >= 15 is 0 Å². The van der Waals surface area contributed by atoms with E-state index in [1.165, 1.54) is 21.0 Å². The van der Waals surface area contributed by atoms with E-state index in [-0.39, 0.29) is 0 Å². The molecule has 2 aliphatic heterocycles. The molecule has 5 rings (SSSR count). The lowest BCUT2D eigenvalue weighted by atomic mass is 10.1. The van der Waals surface area contributed by atoms with Crippen LogP contribution in [0.15, 0.2) is 82.7 Å². The SMILES string of the molecule is c1ccc(CCN2CCN(CCN3c4ccccc4Sc4cccnc43)CC2)cc1. The van der Waals surface area contributed by atoms with Crippen LogP contribution in [0.25, 0.3) is 0 Å². The normalized spacial score (nSPS) is 16.9. The third-order valence-corrected chi connectivity index (χ3v) is 7.15. The van der Waals surface area contributed by atoms with Gasteiger partial charge in [0.25, 0.3) is 0 Å². The molecule has 1 saturated heterocycles. The Hall–Kier alpha value is -2.34. The largest absolute Gasteiger partial charge is 0.323 e. The monoisotopic (exact) mass is 416 g/mol. The molecule has 3 aromatic rings. The Bertz CT molecular complexity index is 924. The lowest BCUT2D eigenvalue weighted by molar-refractivity contribution is 0.136. The molecule has 3 heterocycles. The van der Waals surface area contributed by atoms with Crippen molar-refractivity contribution in [2.75, 3.05) is 50.7 Å². The van der Waals surface area contributed by atoms with Crippen molar-refractivity contribution in [3.8, 4) is 0 Å². The van der Waals surface area contributed by atoms with Gasteiger partial charge >= 0.3 is 0 Å². The summed E-state index contributed by atoms with van der Waals surface area (Å²) in [6.45, 7) is 7.82. The molecule has 2 aliphatic rings. The van der Waals surface area contributed by atoms with E-state index < -0.39 is 0 Å². The summed E-state index contributed by atoms with van der Waals surface area (Å²) in [5, 5.41) is 0. The molecule has 0 radical (unpaired) electrons. The first-order valence-electron chi connectivity index (χ1n) is 10.8. The maximum absolute atomic E-state index is 4.71. The Morgan fingerprint density at radius 2 is 1.40 bits per heavy atom. The van der Waals surface area contributed by atoms with Gasteiger partial charge in [0.15, 0.2) is 0 Å². The number of aromatic nitrogens is 1. The predicted molar refractivity (Wildman–Crippen MR) is 125 cm³/mol. The second kappa shape index (κ2) is 9.21. The summed E-state index contributed by atoms with van der Waals surface area (Å²) in [6.07, 6.45) is 3.05. The summed E-state index contributed by atoms with van der Waals surface area (Å²) in [4.78, 5) is 14.9. The van der Waals surface area contributed by atoms with Gasteiger partial charge in [0.05, 0.1) is 10.6 Å². The lowest BCUT2D eigenvalue weighted by Gasteiger charge is -2.37. The highest BCUT2D eigenvalue weighted by Crippen LogP contribution is 2.46. The molecule has 0 amide bonds. The van der Waals surface area contributed by atoms with Gasteiger partial charge < -0.3 is 9.80 Å². The Morgan fingerprint density at radius 1 is 0.700 bits per heavy atom. The minimum Gasteiger partial charge on any atom is -0.323 e. The molecule has 5 heteroatoms. The number of hydrogen-bond donors (Lipinski definition) is 0. The molecule has 2 aromatic carbocycles. The first kappa shape index (κ1) is 19.6. The average Bonchev–Trinajstić information content (AvgIpc) is 2.82. The number of anilines is 2. The van der Waals surface area contributed by atoms with Crippen molar-refractivity contribution in [1.29, 1.82) is 0 Å². The van der Waals surface area contributed by atoms with Crippen molar-refractivity contribution in [1.82, 2.24) is 14.8 Å². The fourth-order valence-corrected chi connectivity index (χ4v) is 5.37. The maximum Gasteiger partial charge on any atom is 0.147 e. The van der Waals surface area contributed by atoms with Gasteiger partial charge in [-0.05, 0) is 36.2 Å². The van der Waals surface area contributed by atoms with Gasteiger partial charge in [0.1, 0.15) is 5.82 Å². The molecule has 0 bridgehead atoms. The highest BCUT2D eigenvalue weighted by molar-refractivity contribution is 7.99. The zero-order valence-electron chi connectivity index (χ0n) is 17.3. The van der Waals surface area contributed by atoms with Gasteiger partial charge in [-0.3, -0.25) is 4.90 Å². The number of piperazine rings is 1. The summed E-state index contributed by atoms with van der Waals surface area (Å²) in [6, 6.07) is 23.7. The lowest BCUT2D eigenvalue weighted by Crippen LogP contribution is -2.48. The van der Waals surface area contributed by atoms with Crippen molar-refractivity contribution in [2.45, 2.75) is 16.2 Å². The Morgan fingerprint density at radius 3 is 2.23 bits per heavy atom. The van der Waals surface area contributed by atoms with Crippen LogP contribution in [0.3, 0.4) is 0 Å². The van der Waals surface area contributed by atoms with Crippen LogP contribution in [0.1, 0.15) is 5.56 Å². The van der Waals surface area contributed by atoms with Crippen LogP contribution in [0.5, 0.6) is 0 Å². The van der Waals surface area contributed by atoms with Crippen LogP contribution >= 0.6 is 11.8 Å². The van der Waals surface area contributed by atoms with E-state index in [0.29, 0.717) is 0 Å². The van der Waals surface area contributed by atoms with Crippen LogP contribution in [-0.2, 0) is 6.42 Å². The van der Waals surface area contributed by atoms with E-state index in [2.05, 4.69) is 75.4 Å². The van der Waals surface area contributed by atoms with Crippen LogP contribution < -0.4 is 4.90 Å². The molecular weight excluding hydrogens is 388 g/mol. The van der Waals surface area contributed by atoms with Crippen molar-refractivity contribution >= 4 is 23.3 Å². The highest BCUT2D eigenvalue weighted by Gasteiger charge is 2.25. The van der Waals surface area contributed by atoms with Crippen LogP contribution in [0.4, 0.5) is 11.5 Å². The van der Waals surface area contributed by atoms with E-state index in [9.17, 15) is 0 Å². The van der Waals surface area contributed by atoms with Crippen LogP contribution in [0.2, 0.25) is 0 Å². The van der Waals surface area contributed by atoms with Gasteiger partial charge in [0.2, 0.25) is 0 Å². The molecule has 0 unspecified atom stereocenters. The first-order valence-corrected chi connectivity index (χ1v) is 11.7. The number of benzene rings is 2. The van der Waals surface area contributed by atoms with Gasteiger partial charge in [0, 0.05) is 56.9 Å². The zero-order chi connectivity index (χ0) is 20.2. The van der Waals surface area contributed by atoms with E-state index in [0.717, 1.165) is 58.1 Å². The number of para-hydroxylation sites is 1. The molecule has 0 saturated carbocycles.